The summed E-state index contributed by atoms with van der Waals surface area (Å²) in [6.45, 7) is 4.48. The molecule has 0 aromatic carbocycles. The van der Waals surface area contributed by atoms with Gasteiger partial charge < -0.3 is 16.2 Å². The normalized spacial score (nSPS) is 25.1. The number of carbonyl (C=O) groups excluding carboxylic acids is 1. The van der Waals surface area contributed by atoms with E-state index in [0.717, 1.165) is 19.3 Å². The van der Waals surface area contributed by atoms with Crippen LogP contribution in [0.1, 0.15) is 46.0 Å². The Kier molecular flexibility index (Phi) is 6.28. The predicted molar refractivity (Wildman–Crippen MR) is 73.5 cm³/mol. The fourth-order valence-corrected chi connectivity index (χ4v) is 2.75. The molecule has 1 fully saturated rings. The SMILES string of the molecule is CC(C)C[C@H](N)C(=O)NCC1CCCCC1C(=O)O. The van der Waals surface area contributed by atoms with Gasteiger partial charge in [0.1, 0.15) is 0 Å². The highest BCUT2D eigenvalue weighted by molar-refractivity contribution is 5.81. The largest absolute Gasteiger partial charge is 0.481 e. The van der Waals surface area contributed by atoms with Crippen LogP contribution in [0.15, 0.2) is 0 Å². The summed E-state index contributed by atoms with van der Waals surface area (Å²) in [6.07, 6.45) is 4.25. The number of amides is 1. The van der Waals surface area contributed by atoms with Crippen LogP contribution in [-0.2, 0) is 9.59 Å². The van der Waals surface area contributed by atoms with Crippen LogP contribution < -0.4 is 11.1 Å². The number of hydrogen-bond donors (Lipinski definition) is 3. The molecule has 0 aliphatic heterocycles. The molecule has 1 amide bonds. The summed E-state index contributed by atoms with van der Waals surface area (Å²) < 4.78 is 0. The van der Waals surface area contributed by atoms with Crippen molar-refractivity contribution in [1.29, 1.82) is 0 Å². The number of aliphatic carboxylic acids is 1. The summed E-state index contributed by atoms with van der Waals surface area (Å²) in [7, 11) is 0. The highest BCUT2D eigenvalue weighted by Gasteiger charge is 2.31. The third-order valence-corrected chi connectivity index (χ3v) is 3.83. The van der Waals surface area contributed by atoms with E-state index in [1.54, 1.807) is 0 Å². The lowest BCUT2D eigenvalue weighted by Crippen LogP contribution is -2.45. The van der Waals surface area contributed by atoms with Crippen molar-refractivity contribution in [2.45, 2.75) is 52.0 Å². The Bertz CT molecular complexity index is 318. The smallest absolute Gasteiger partial charge is 0.306 e. The molecule has 0 aromatic heterocycles. The van der Waals surface area contributed by atoms with Gasteiger partial charge in [0, 0.05) is 6.54 Å². The van der Waals surface area contributed by atoms with Crippen molar-refractivity contribution in [1.82, 2.24) is 5.32 Å². The van der Waals surface area contributed by atoms with Crippen molar-refractivity contribution in [2.24, 2.45) is 23.5 Å². The molecule has 110 valence electrons. The molecule has 1 saturated carbocycles. The molecular weight excluding hydrogens is 244 g/mol. The lowest BCUT2D eigenvalue weighted by molar-refractivity contribution is -0.145. The zero-order valence-electron chi connectivity index (χ0n) is 11.9. The first-order valence-electron chi connectivity index (χ1n) is 7.18. The average molecular weight is 270 g/mol. The number of rotatable bonds is 6. The second-order valence-corrected chi connectivity index (χ2v) is 5.97. The van der Waals surface area contributed by atoms with E-state index in [4.69, 9.17) is 10.8 Å². The van der Waals surface area contributed by atoms with Gasteiger partial charge in [-0.05, 0) is 31.1 Å². The molecule has 1 aliphatic carbocycles. The second kappa shape index (κ2) is 7.48. The molecule has 0 bridgehead atoms. The van der Waals surface area contributed by atoms with Crippen molar-refractivity contribution in [2.75, 3.05) is 6.54 Å². The molecular formula is C14H26N2O3. The van der Waals surface area contributed by atoms with E-state index >= 15 is 0 Å². The third kappa shape index (κ3) is 5.19. The minimum Gasteiger partial charge on any atom is -0.481 e. The van der Waals surface area contributed by atoms with Crippen LogP contribution in [0.5, 0.6) is 0 Å². The number of carbonyl (C=O) groups is 2. The van der Waals surface area contributed by atoms with E-state index in [1.165, 1.54) is 0 Å². The zero-order chi connectivity index (χ0) is 14.4. The van der Waals surface area contributed by atoms with Crippen LogP contribution in [0.4, 0.5) is 0 Å². The zero-order valence-corrected chi connectivity index (χ0v) is 11.9. The molecule has 2 unspecified atom stereocenters. The van der Waals surface area contributed by atoms with Gasteiger partial charge in [-0.25, -0.2) is 0 Å². The van der Waals surface area contributed by atoms with Gasteiger partial charge in [-0.3, -0.25) is 9.59 Å². The molecule has 5 nitrogen and oxygen atoms in total. The minimum atomic E-state index is -0.745. The summed E-state index contributed by atoms with van der Waals surface area (Å²) in [6, 6.07) is -0.494. The van der Waals surface area contributed by atoms with Crippen LogP contribution >= 0.6 is 0 Å². The molecule has 1 rings (SSSR count). The summed E-state index contributed by atoms with van der Waals surface area (Å²) in [4.78, 5) is 23.0. The lowest BCUT2D eigenvalue weighted by Gasteiger charge is -2.29. The molecule has 19 heavy (non-hydrogen) atoms. The van der Waals surface area contributed by atoms with Gasteiger partial charge in [-0.1, -0.05) is 26.7 Å². The predicted octanol–water partition coefficient (Wildman–Crippen LogP) is 1.37. The highest BCUT2D eigenvalue weighted by Crippen LogP contribution is 2.29. The fraction of sp³-hybridized carbons (Fsp3) is 0.857. The number of nitrogens with two attached hydrogens (primary N) is 1. The Morgan fingerprint density at radius 2 is 1.95 bits per heavy atom. The standard InChI is InChI=1S/C14H26N2O3/c1-9(2)7-12(15)13(17)16-8-10-5-3-4-6-11(10)14(18)19/h9-12H,3-8,15H2,1-2H3,(H,16,17)(H,18,19)/t10?,11?,12-/m0/s1. The molecule has 0 saturated heterocycles. The molecule has 1 aliphatic rings. The van der Waals surface area contributed by atoms with Crippen molar-refractivity contribution in [3.8, 4) is 0 Å². The monoisotopic (exact) mass is 270 g/mol. The highest BCUT2D eigenvalue weighted by atomic mass is 16.4. The van der Waals surface area contributed by atoms with E-state index in [-0.39, 0.29) is 17.7 Å². The number of hydrogen-bond acceptors (Lipinski definition) is 3. The van der Waals surface area contributed by atoms with Crippen LogP contribution in [0, 0.1) is 17.8 Å². The van der Waals surface area contributed by atoms with E-state index in [2.05, 4.69) is 5.32 Å². The van der Waals surface area contributed by atoms with Crippen LogP contribution in [0.25, 0.3) is 0 Å². The molecule has 0 heterocycles. The van der Waals surface area contributed by atoms with Gasteiger partial charge in [0.05, 0.1) is 12.0 Å². The first-order valence-corrected chi connectivity index (χ1v) is 7.18. The van der Waals surface area contributed by atoms with Gasteiger partial charge in [-0.2, -0.15) is 0 Å². The second-order valence-electron chi connectivity index (χ2n) is 5.97. The molecule has 3 atom stereocenters. The Labute approximate surface area is 114 Å². The van der Waals surface area contributed by atoms with Crippen molar-refractivity contribution in [3.63, 3.8) is 0 Å². The van der Waals surface area contributed by atoms with Gasteiger partial charge in [0.25, 0.3) is 0 Å². The molecule has 0 aromatic rings. The Balaban J connectivity index is 2.41. The summed E-state index contributed by atoms with van der Waals surface area (Å²) in [5.74, 6) is -0.812. The summed E-state index contributed by atoms with van der Waals surface area (Å²) >= 11 is 0. The van der Waals surface area contributed by atoms with Gasteiger partial charge >= 0.3 is 5.97 Å². The van der Waals surface area contributed by atoms with E-state index in [0.29, 0.717) is 25.3 Å². The maximum Gasteiger partial charge on any atom is 0.306 e. The van der Waals surface area contributed by atoms with Crippen molar-refractivity contribution >= 4 is 11.9 Å². The Morgan fingerprint density at radius 3 is 2.53 bits per heavy atom. The van der Waals surface area contributed by atoms with Crippen LogP contribution in [0.3, 0.4) is 0 Å². The topological polar surface area (TPSA) is 92.4 Å². The van der Waals surface area contributed by atoms with Gasteiger partial charge in [0.15, 0.2) is 0 Å². The van der Waals surface area contributed by atoms with Crippen molar-refractivity contribution < 1.29 is 14.7 Å². The maximum atomic E-state index is 11.8. The van der Waals surface area contributed by atoms with Crippen molar-refractivity contribution in [3.05, 3.63) is 0 Å². The summed E-state index contributed by atoms with van der Waals surface area (Å²) in [5.41, 5.74) is 5.80. The lowest BCUT2D eigenvalue weighted by atomic mass is 9.79. The van der Waals surface area contributed by atoms with Gasteiger partial charge in [0.2, 0.25) is 5.91 Å². The van der Waals surface area contributed by atoms with Crippen LogP contribution in [0.2, 0.25) is 0 Å². The number of carboxylic acids is 1. The Morgan fingerprint density at radius 1 is 1.32 bits per heavy atom. The summed E-state index contributed by atoms with van der Waals surface area (Å²) in [5, 5.41) is 12.0. The minimum absolute atomic E-state index is 0.0430. The molecule has 0 radical (unpaired) electrons. The maximum absolute atomic E-state index is 11.8. The first-order chi connectivity index (χ1) is 8.91. The quantitative estimate of drug-likeness (QED) is 0.679. The fourth-order valence-electron chi connectivity index (χ4n) is 2.75. The molecule has 4 N–H and O–H groups in total. The average Bonchev–Trinajstić information content (AvgIpc) is 2.35. The van der Waals surface area contributed by atoms with Gasteiger partial charge in [-0.15, -0.1) is 0 Å². The van der Waals surface area contributed by atoms with E-state index < -0.39 is 12.0 Å². The van der Waals surface area contributed by atoms with E-state index in [9.17, 15) is 9.59 Å². The Hall–Kier alpha value is -1.10. The number of nitrogens with one attached hydrogen (secondary N) is 1. The number of carboxylic acid groups (broad SMARTS) is 1. The van der Waals surface area contributed by atoms with E-state index in [1.807, 2.05) is 13.8 Å². The molecule has 5 heteroatoms. The van der Waals surface area contributed by atoms with Crippen LogP contribution in [-0.4, -0.2) is 29.6 Å². The molecule has 0 spiro atoms. The first kappa shape index (κ1) is 16.0. The third-order valence-electron chi connectivity index (χ3n) is 3.83.